The number of amides is 1. The van der Waals surface area contributed by atoms with Crippen molar-refractivity contribution in [1.29, 1.82) is 0 Å². The maximum absolute atomic E-state index is 12.4. The van der Waals surface area contributed by atoms with E-state index in [4.69, 9.17) is 4.74 Å². The Morgan fingerprint density at radius 3 is 2.07 bits per heavy atom. The van der Waals surface area contributed by atoms with Crippen LogP contribution in [0.2, 0.25) is 0 Å². The summed E-state index contributed by atoms with van der Waals surface area (Å²) in [6, 6.07) is 28.6. The Morgan fingerprint density at radius 1 is 0.893 bits per heavy atom. The SMILES string of the molecule is C=CC(OCc1ccccc1)C(NNC(=O)c1ccccc1)c1ccccc1. The molecular formula is C24H24N2O2. The molecule has 0 heterocycles. The minimum atomic E-state index is -0.335. The lowest BCUT2D eigenvalue weighted by atomic mass is 10.0. The summed E-state index contributed by atoms with van der Waals surface area (Å²) in [4.78, 5) is 12.4. The molecule has 0 saturated carbocycles. The monoisotopic (exact) mass is 372 g/mol. The Labute approximate surface area is 165 Å². The van der Waals surface area contributed by atoms with Gasteiger partial charge in [-0.3, -0.25) is 10.2 Å². The van der Waals surface area contributed by atoms with E-state index >= 15 is 0 Å². The summed E-state index contributed by atoms with van der Waals surface area (Å²) in [7, 11) is 0. The molecule has 0 fully saturated rings. The third kappa shape index (κ3) is 5.39. The van der Waals surface area contributed by atoms with Gasteiger partial charge >= 0.3 is 0 Å². The van der Waals surface area contributed by atoms with E-state index in [9.17, 15) is 4.79 Å². The molecule has 0 saturated heterocycles. The highest BCUT2D eigenvalue weighted by Crippen LogP contribution is 2.21. The maximum atomic E-state index is 12.4. The Bertz CT molecular complexity index is 867. The molecule has 3 rings (SSSR count). The fraction of sp³-hybridized carbons (Fsp3) is 0.125. The Morgan fingerprint density at radius 2 is 1.46 bits per heavy atom. The molecule has 2 N–H and O–H groups in total. The largest absolute Gasteiger partial charge is 0.367 e. The van der Waals surface area contributed by atoms with Crippen LogP contribution >= 0.6 is 0 Å². The fourth-order valence-electron chi connectivity index (χ4n) is 2.89. The lowest BCUT2D eigenvalue weighted by molar-refractivity contribution is 0.0409. The molecule has 0 aliphatic heterocycles. The molecular weight excluding hydrogens is 348 g/mol. The predicted octanol–water partition coefficient (Wildman–Crippen LogP) is 4.43. The summed E-state index contributed by atoms with van der Waals surface area (Å²) in [5, 5.41) is 0. The highest BCUT2D eigenvalue weighted by molar-refractivity contribution is 5.93. The molecule has 1 amide bonds. The number of carbonyl (C=O) groups excluding carboxylic acids is 1. The third-order valence-corrected chi connectivity index (χ3v) is 4.38. The zero-order chi connectivity index (χ0) is 19.6. The van der Waals surface area contributed by atoms with Gasteiger partial charge in [-0.1, -0.05) is 84.9 Å². The minimum absolute atomic E-state index is 0.201. The maximum Gasteiger partial charge on any atom is 0.265 e. The van der Waals surface area contributed by atoms with Crippen molar-refractivity contribution in [2.75, 3.05) is 0 Å². The summed E-state index contributed by atoms with van der Waals surface area (Å²) >= 11 is 0. The van der Waals surface area contributed by atoms with Gasteiger partial charge in [0.25, 0.3) is 5.91 Å². The normalized spacial score (nSPS) is 12.7. The van der Waals surface area contributed by atoms with Crippen LogP contribution in [0.5, 0.6) is 0 Å². The standard InChI is InChI=1S/C24H24N2O2/c1-2-22(28-18-19-12-6-3-7-13-19)23(20-14-8-4-9-15-20)25-26-24(27)21-16-10-5-11-17-21/h2-17,22-23,25H,1,18H2,(H,26,27). The van der Waals surface area contributed by atoms with E-state index in [1.165, 1.54) is 0 Å². The van der Waals surface area contributed by atoms with Crippen LogP contribution in [0.1, 0.15) is 27.5 Å². The van der Waals surface area contributed by atoms with Crippen LogP contribution in [0, 0.1) is 0 Å². The van der Waals surface area contributed by atoms with Crippen molar-refractivity contribution in [3.05, 3.63) is 120 Å². The van der Waals surface area contributed by atoms with E-state index in [1.807, 2.05) is 78.9 Å². The summed E-state index contributed by atoms with van der Waals surface area (Å²) < 4.78 is 6.10. The summed E-state index contributed by atoms with van der Waals surface area (Å²) in [6.45, 7) is 4.38. The van der Waals surface area contributed by atoms with Gasteiger partial charge in [-0.2, -0.15) is 0 Å². The molecule has 0 spiro atoms. The van der Waals surface area contributed by atoms with Crippen molar-refractivity contribution in [3.63, 3.8) is 0 Å². The van der Waals surface area contributed by atoms with E-state index in [1.54, 1.807) is 18.2 Å². The number of nitrogens with one attached hydrogen (secondary N) is 2. The van der Waals surface area contributed by atoms with Crippen LogP contribution in [-0.2, 0) is 11.3 Å². The van der Waals surface area contributed by atoms with E-state index in [2.05, 4.69) is 17.4 Å². The molecule has 0 aromatic heterocycles. The average Bonchev–Trinajstić information content (AvgIpc) is 2.77. The van der Waals surface area contributed by atoms with E-state index in [0.717, 1.165) is 11.1 Å². The summed E-state index contributed by atoms with van der Waals surface area (Å²) in [5.74, 6) is -0.201. The molecule has 4 heteroatoms. The first-order valence-corrected chi connectivity index (χ1v) is 9.22. The molecule has 2 unspecified atom stereocenters. The number of hydrazine groups is 1. The molecule has 4 nitrogen and oxygen atoms in total. The van der Waals surface area contributed by atoms with Gasteiger partial charge in [0.05, 0.1) is 18.8 Å². The van der Waals surface area contributed by atoms with Crippen LogP contribution < -0.4 is 10.9 Å². The van der Waals surface area contributed by atoms with Crippen molar-refractivity contribution in [2.24, 2.45) is 0 Å². The number of carbonyl (C=O) groups is 1. The van der Waals surface area contributed by atoms with Crippen LogP contribution in [0.25, 0.3) is 0 Å². The molecule has 28 heavy (non-hydrogen) atoms. The zero-order valence-corrected chi connectivity index (χ0v) is 15.6. The lowest BCUT2D eigenvalue weighted by Crippen LogP contribution is -2.44. The van der Waals surface area contributed by atoms with Crippen molar-refractivity contribution in [2.45, 2.75) is 18.8 Å². The number of ether oxygens (including phenoxy) is 1. The highest BCUT2D eigenvalue weighted by atomic mass is 16.5. The fourth-order valence-corrected chi connectivity index (χ4v) is 2.89. The second kappa shape index (κ2) is 10.2. The Kier molecular flexibility index (Phi) is 7.13. The van der Waals surface area contributed by atoms with Gasteiger partial charge in [-0.15, -0.1) is 6.58 Å². The number of hydrogen-bond donors (Lipinski definition) is 2. The number of hydrogen-bond acceptors (Lipinski definition) is 3. The van der Waals surface area contributed by atoms with Crippen molar-refractivity contribution >= 4 is 5.91 Å². The first kappa shape index (κ1) is 19.5. The van der Waals surface area contributed by atoms with Gasteiger partial charge in [-0.05, 0) is 23.3 Å². The second-order valence-electron chi connectivity index (χ2n) is 6.35. The average molecular weight is 372 g/mol. The second-order valence-corrected chi connectivity index (χ2v) is 6.35. The quantitative estimate of drug-likeness (QED) is 0.431. The summed E-state index contributed by atoms with van der Waals surface area (Å²) in [5.41, 5.74) is 8.58. The van der Waals surface area contributed by atoms with Crippen molar-refractivity contribution in [3.8, 4) is 0 Å². The number of rotatable bonds is 9. The van der Waals surface area contributed by atoms with Gasteiger partial charge in [0.1, 0.15) is 0 Å². The van der Waals surface area contributed by atoms with Crippen LogP contribution in [-0.4, -0.2) is 12.0 Å². The number of benzene rings is 3. The van der Waals surface area contributed by atoms with E-state index in [0.29, 0.717) is 12.2 Å². The first-order valence-electron chi connectivity index (χ1n) is 9.22. The van der Waals surface area contributed by atoms with E-state index < -0.39 is 0 Å². The van der Waals surface area contributed by atoms with Crippen LogP contribution in [0.15, 0.2) is 104 Å². The van der Waals surface area contributed by atoms with Gasteiger partial charge in [-0.25, -0.2) is 5.43 Å². The van der Waals surface area contributed by atoms with Gasteiger partial charge in [0.2, 0.25) is 0 Å². The van der Waals surface area contributed by atoms with Crippen LogP contribution in [0.4, 0.5) is 0 Å². The molecule has 0 radical (unpaired) electrons. The molecule has 0 bridgehead atoms. The molecule has 3 aromatic carbocycles. The predicted molar refractivity (Wildman–Crippen MR) is 111 cm³/mol. The molecule has 3 aromatic rings. The van der Waals surface area contributed by atoms with Crippen molar-refractivity contribution in [1.82, 2.24) is 10.9 Å². The topological polar surface area (TPSA) is 50.4 Å². The summed E-state index contributed by atoms with van der Waals surface area (Å²) in [6.07, 6.45) is 1.42. The van der Waals surface area contributed by atoms with E-state index in [-0.39, 0.29) is 18.1 Å². The minimum Gasteiger partial charge on any atom is -0.367 e. The van der Waals surface area contributed by atoms with Gasteiger partial charge in [0.15, 0.2) is 0 Å². The molecule has 0 aliphatic rings. The van der Waals surface area contributed by atoms with Crippen molar-refractivity contribution < 1.29 is 9.53 Å². The molecule has 2 atom stereocenters. The van der Waals surface area contributed by atoms with Gasteiger partial charge < -0.3 is 4.74 Å². The first-order chi connectivity index (χ1) is 13.8. The highest BCUT2D eigenvalue weighted by Gasteiger charge is 2.22. The van der Waals surface area contributed by atoms with Gasteiger partial charge in [0, 0.05) is 5.56 Å². The Balaban J connectivity index is 1.72. The molecule has 0 aliphatic carbocycles. The lowest BCUT2D eigenvalue weighted by Gasteiger charge is -2.27. The smallest absolute Gasteiger partial charge is 0.265 e. The third-order valence-electron chi connectivity index (χ3n) is 4.38. The zero-order valence-electron chi connectivity index (χ0n) is 15.6. The van der Waals surface area contributed by atoms with Crippen LogP contribution in [0.3, 0.4) is 0 Å². The molecule has 142 valence electrons. The Hall–Kier alpha value is -3.21.